The van der Waals surface area contributed by atoms with E-state index in [4.69, 9.17) is 14.6 Å². The number of anilines is 1. The number of alkyl carbamates (subject to hydrolysis) is 1. The minimum Gasteiger partial charge on any atom is -0.491 e. The summed E-state index contributed by atoms with van der Waals surface area (Å²) in [5, 5.41) is 25.5. The van der Waals surface area contributed by atoms with Crippen LogP contribution in [0.15, 0.2) is 61.4 Å². The van der Waals surface area contributed by atoms with Gasteiger partial charge in [0.2, 0.25) is 5.91 Å². The number of hydrogen-bond acceptors (Lipinski definition) is 8. The number of nitrogens with zero attached hydrogens (tertiary/aromatic N) is 1. The van der Waals surface area contributed by atoms with Crippen molar-refractivity contribution in [2.24, 2.45) is 0 Å². The molecule has 2 unspecified atom stereocenters. The van der Waals surface area contributed by atoms with Crippen LogP contribution < -0.4 is 15.4 Å². The Labute approximate surface area is 194 Å². The summed E-state index contributed by atoms with van der Waals surface area (Å²) >= 11 is 1.41. The van der Waals surface area contributed by atoms with Gasteiger partial charge >= 0.3 is 6.09 Å². The lowest BCUT2D eigenvalue weighted by Crippen LogP contribution is -2.34. The average molecular weight is 472 g/mol. The Morgan fingerprint density at radius 1 is 1.24 bits per heavy atom. The van der Waals surface area contributed by atoms with E-state index in [1.807, 2.05) is 12.1 Å². The number of aliphatic hydroxyl groups is 2. The van der Waals surface area contributed by atoms with Crippen molar-refractivity contribution >= 4 is 38.4 Å². The second-order valence-corrected chi connectivity index (χ2v) is 8.13. The molecular formula is C23H25N3O6S. The van der Waals surface area contributed by atoms with Crippen LogP contribution >= 0.6 is 11.3 Å². The molecular weight excluding hydrogens is 446 g/mol. The van der Waals surface area contributed by atoms with Crippen molar-refractivity contribution in [3.63, 3.8) is 0 Å². The average Bonchev–Trinajstić information content (AvgIpc) is 3.24. The molecule has 2 heterocycles. The minimum atomic E-state index is -0.981. The zero-order chi connectivity index (χ0) is 23.6. The van der Waals surface area contributed by atoms with Gasteiger partial charge in [-0.2, -0.15) is 0 Å². The van der Waals surface area contributed by atoms with E-state index in [0.29, 0.717) is 16.3 Å². The van der Waals surface area contributed by atoms with E-state index in [1.54, 1.807) is 36.7 Å². The number of carbonyl (C=O) groups is 2. The fraction of sp³-hybridized carbons (Fsp3) is 0.261. The van der Waals surface area contributed by atoms with Gasteiger partial charge in [-0.1, -0.05) is 24.8 Å². The smallest absolute Gasteiger partial charge is 0.407 e. The molecule has 0 aliphatic heterocycles. The monoisotopic (exact) mass is 471 g/mol. The predicted octanol–water partition coefficient (Wildman–Crippen LogP) is 2.66. The van der Waals surface area contributed by atoms with E-state index in [1.165, 1.54) is 17.4 Å². The highest BCUT2D eigenvalue weighted by Crippen LogP contribution is 2.30. The van der Waals surface area contributed by atoms with Crippen LogP contribution in [0, 0.1) is 0 Å². The number of thiophene rings is 1. The molecule has 0 radical (unpaired) electrons. The van der Waals surface area contributed by atoms with Gasteiger partial charge in [0.05, 0.1) is 22.2 Å². The van der Waals surface area contributed by atoms with Gasteiger partial charge < -0.3 is 30.3 Å². The number of amides is 2. The summed E-state index contributed by atoms with van der Waals surface area (Å²) in [5.41, 5.74) is 0.648. The summed E-state index contributed by atoms with van der Waals surface area (Å²) in [6.07, 6.45) is 3.23. The summed E-state index contributed by atoms with van der Waals surface area (Å²) < 4.78 is 11.3. The predicted molar refractivity (Wildman–Crippen MR) is 126 cm³/mol. The second-order valence-electron chi connectivity index (χ2n) is 7.05. The largest absolute Gasteiger partial charge is 0.491 e. The maximum atomic E-state index is 13.1. The topological polar surface area (TPSA) is 130 Å². The van der Waals surface area contributed by atoms with E-state index < -0.39 is 24.7 Å². The van der Waals surface area contributed by atoms with Crippen molar-refractivity contribution in [1.82, 2.24) is 10.3 Å². The van der Waals surface area contributed by atoms with Gasteiger partial charge in [-0.15, -0.1) is 11.3 Å². The molecule has 0 aliphatic rings. The highest BCUT2D eigenvalue weighted by molar-refractivity contribution is 7.22. The third-order valence-electron chi connectivity index (χ3n) is 4.60. The second kappa shape index (κ2) is 12.0. The first kappa shape index (κ1) is 24.2. The van der Waals surface area contributed by atoms with Crippen molar-refractivity contribution in [3.05, 3.63) is 67.0 Å². The number of ether oxygens (including phenoxy) is 2. The van der Waals surface area contributed by atoms with Crippen molar-refractivity contribution in [2.75, 3.05) is 31.7 Å². The molecule has 2 aromatic heterocycles. The van der Waals surface area contributed by atoms with E-state index in [-0.39, 0.29) is 25.7 Å². The van der Waals surface area contributed by atoms with Gasteiger partial charge in [0.25, 0.3) is 0 Å². The number of nitrogens with one attached hydrogen (secondary N) is 2. The lowest BCUT2D eigenvalue weighted by molar-refractivity contribution is -0.117. The summed E-state index contributed by atoms with van der Waals surface area (Å²) in [7, 11) is 0. The van der Waals surface area contributed by atoms with Crippen molar-refractivity contribution in [1.29, 1.82) is 0 Å². The normalized spacial score (nSPS) is 12.5. The van der Waals surface area contributed by atoms with Crippen LogP contribution in [0.5, 0.6) is 5.75 Å². The number of benzene rings is 1. The standard InChI is InChI=1S/C23H25N3O6S/c1-2-9-31-23(30)25-11-19(15-3-5-18(6-4-15)32-14-17(28)13-27)22(29)26-21-10-16-7-8-24-12-20(16)33-21/h2-8,10,12,17,19,27-28H,1,9,11,13-14H2,(H,25,30)(H,26,29). The first-order chi connectivity index (χ1) is 16.0. The molecule has 0 spiro atoms. The van der Waals surface area contributed by atoms with E-state index in [0.717, 1.165) is 10.1 Å². The zero-order valence-corrected chi connectivity index (χ0v) is 18.6. The molecule has 0 saturated carbocycles. The molecule has 0 saturated heterocycles. The lowest BCUT2D eigenvalue weighted by Gasteiger charge is -2.18. The number of pyridine rings is 1. The molecule has 1 aromatic carbocycles. The molecule has 9 nitrogen and oxygen atoms in total. The molecule has 4 N–H and O–H groups in total. The molecule has 174 valence electrons. The molecule has 0 bridgehead atoms. The van der Waals surface area contributed by atoms with Crippen LogP contribution in [-0.2, 0) is 9.53 Å². The number of aromatic nitrogens is 1. The fourth-order valence-corrected chi connectivity index (χ4v) is 3.86. The summed E-state index contributed by atoms with van der Waals surface area (Å²) in [6.45, 7) is 3.11. The number of fused-ring (bicyclic) bond motifs is 1. The highest BCUT2D eigenvalue weighted by atomic mass is 32.1. The molecule has 3 aromatic rings. The Bertz CT molecular complexity index is 1050. The number of rotatable bonds is 11. The van der Waals surface area contributed by atoms with E-state index >= 15 is 0 Å². The summed E-state index contributed by atoms with van der Waals surface area (Å²) in [6, 6.07) is 10.4. The maximum absolute atomic E-state index is 13.1. The van der Waals surface area contributed by atoms with Crippen LogP contribution in [0.1, 0.15) is 11.5 Å². The fourth-order valence-electron chi connectivity index (χ4n) is 2.93. The first-order valence-corrected chi connectivity index (χ1v) is 11.0. The van der Waals surface area contributed by atoms with Gasteiger partial charge in [-0.25, -0.2) is 4.79 Å². The minimum absolute atomic E-state index is 0.0116. The van der Waals surface area contributed by atoms with Gasteiger partial charge in [0.1, 0.15) is 25.1 Å². The lowest BCUT2D eigenvalue weighted by atomic mass is 9.98. The SMILES string of the molecule is C=CCOC(=O)NCC(C(=O)Nc1cc2ccncc2s1)c1ccc(OCC(O)CO)cc1. The Morgan fingerprint density at radius 3 is 2.73 bits per heavy atom. The van der Waals surface area contributed by atoms with Crippen molar-refractivity contribution in [3.8, 4) is 5.75 Å². The quantitative estimate of drug-likeness (QED) is 0.316. The third kappa shape index (κ3) is 7.01. The Balaban J connectivity index is 1.73. The highest BCUT2D eigenvalue weighted by Gasteiger charge is 2.23. The summed E-state index contributed by atoms with van der Waals surface area (Å²) in [5.74, 6) is -0.537. The van der Waals surface area contributed by atoms with Gasteiger partial charge in [0, 0.05) is 18.9 Å². The van der Waals surface area contributed by atoms with Gasteiger partial charge in [-0.05, 0) is 35.2 Å². The number of carbonyl (C=O) groups excluding carboxylic acids is 2. The Morgan fingerprint density at radius 2 is 2.03 bits per heavy atom. The van der Waals surface area contributed by atoms with Crippen molar-refractivity contribution in [2.45, 2.75) is 12.0 Å². The molecule has 2 atom stereocenters. The van der Waals surface area contributed by atoms with E-state index in [9.17, 15) is 14.7 Å². The number of hydrogen-bond donors (Lipinski definition) is 4. The van der Waals surface area contributed by atoms with Crippen LogP contribution in [0.25, 0.3) is 10.1 Å². The Kier molecular flexibility index (Phi) is 8.76. The van der Waals surface area contributed by atoms with Gasteiger partial charge in [-0.3, -0.25) is 9.78 Å². The molecule has 0 fully saturated rings. The zero-order valence-electron chi connectivity index (χ0n) is 17.8. The van der Waals surface area contributed by atoms with Gasteiger partial charge in [0.15, 0.2) is 0 Å². The van der Waals surface area contributed by atoms with Crippen LogP contribution in [0.3, 0.4) is 0 Å². The summed E-state index contributed by atoms with van der Waals surface area (Å²) in [4.78, 5) is 29.1. The third-order valence-corrected chi connectivity index (χ3v) is 5.61. The molecule has 33 heavy (non-hydrogen) atoms. The maximum Gasteiger partial charge on any atom is 0.407 e. The van der Waals surface area contributed by atoms with Crippen LogP contribution in [0.2, 0.25) is 0 Å². The molecule has 10 heteroatoms. The molecule has 0 aliphatic carbocycles. The van der Waals surface area contributed by atoms with E-state index in [2.05, 4.69) is 22.2 Å². The Hall–Kier alpha value is -3.47. The molecule has 3 rings (SSSR count). The number of aliphatic hydroxyl groups excluding tert-OH is 2. The van der Waals surface area contributed by atoms with Crippen LogP contribution in [-0.4, -0.2) is 59.7 Å². The van der Waals surface area contributed by atoms with Crippen LogP contribution in [0.4, 0.5) is 9.80 Å². The molecule has 2 amide bonds. The van der Waals surface area contributed by atoms with Crippen molar-refractivity contribution < 1.29 is 29.3 Å². The first-order valence-electron chi connectivity index (χ1n) is 10.2.